The monoisotopic (exact) mass is 503 g/mol. The number of ether oxygens (including phenoxy) is 1. The average Bonchev–Trinajstić information content (AvgIpc) is 2.96. The van der Waals surface area contributed by atoms with Gasteiger partial charge in [-0.1, -0.05) is 84.9 Å². The van der Waals surface area contributed by atoms with E-state index in [1.165, 1.54) is 0 Å². The van der Waals surface area contributed by atoms with Gasteiger partial charge in [-0.3, -0.25) is 9.59 Å². The van der Waals surface area contributed by atoms with Gasteiger partial charge in [0.1, 0.15) is 11.8 Å². The SMILES string of the molecule is COc1ccc(CN(C(=O)C(c2ccccc2)c2ccccc2)[C@H](Cc2ccc(C#N)cc2)C(N)=O)cc1. The van der Waals surface area contributed by atoms with Crippen LogP contribution in [0.2, 0.25) is 0 Å². The van der Waals surface area contributed by atoms with Gasteiger partial charge in [0.25, 0.3) is 0 Å². The molecule has 6 heteroatoms. The number of nitrogens with two attached hydrogens (primary N) is 1. The second-order valence-electron chi connectivity index (χ2n) is 9.00. The van der Waals surface area contributed by atoms with Crippen LogP contribution in [-0.4, -0.2) is 29.9 Å². The molecular formula is C32H29N3O3. The van der Waals surface area contributed by atoms with Gasteiger partial charge in [-0.2, -0.15) is 5.26 Å². The van der Waals surface area contributed by atoms with Crippen molar-refractivity contribution < 1.29 is 14.3 Å². The summed E-state index contributed by atoms with van der Waals surface area (Å²) >= 11 is 0. The van der Waals surface area contributed by atoms with Crippen molar-refractivity contribution in [3.8, 4) is 11.8 Å². The van der Waals surface area contributed by atoms with Gasteiger partial charge in [0.2, 0.25) is 11.8 Å². The Bertz CT molecular complexity index is 1360. The van der Waals surface area contributed by atoms with Crippen LogP contribution in [-0.2, 0) is 22.6 Å². The molecule has 0 unspecified atom stereocenters. The Balaban J connectivity index is 1.78. The summed E-state index contributed by atoms with van der Waals surface area (Å²) in [4.78, 5) is 29.0. The molecule has 0 aliphatic heterocycles. The molecule has 0 spiro atoms. The van der Waals surface area contributed by atoms with E-state index in [1.807, 2.05) is 84.9 Å². The first kappa shape index (κ1) is 26.2. The van der Waals surface area contributed by atoms with Crippen molar-refractivity contribution in [2.75, 3.05) is 7.11 Å². The molecule has 0 aliphatic carbocycles. The van der Waals surface area contributed by atoms with Gasteiger partial charge in [-0.25, -0.2) is 0 Å². The number of amides is 2. The lowest BCUT2D eigenvalue weighted by atomic mass is 9.89. The summed E-state index contributed by atoms with van der Waals surface area (Å²) in [5.41, 5.74) is 9.76. The topological polar surface area (TPSA) is 96.4 Å². The van der Waals surface area contributed by atoms with E-state index in [9.17, 15) is 9.59 Å². The minimum Gasteiger partial charge on any atom is -0.497 e. The minimum absolute atomic E-state index is 0.183. The lowest BCUT2D eigenvalue weighted by Gasteiger charge is -2.33. The van der Waals surface area contributed by atoms with Crippen LogP contribution in [0.5, 0.6) is 5.75 Å². The summed E-state index contributed by atoms with van der Waals surface area (Å²) in [5, 5.41) is 9.15. The Morgan fingerprint density at radius 1 is 0.816 bits per heavy atom. The van der Waals surface area contributed by atoms with Crippen LogP contribution in [0.15, 0.2) is 109 Å². The molecule has 0 heterocycles. The Labute approximate surface area is 222 Å². The zero-order chi connectivity index (χ0) is 26.9. The van der Waals surface area contributed by atoms with E-state index in [0.717, 1.165) is 22.3 Å². The summed E-state index contributed by atoms with van der Waals surface area (Å²) in [6.07, 6.45) is 0.221. The highest BCUT2D eigenvalue weighted by Crippen LogP contribution is 2.29. The molecule has 2 amide bonds. The Morgan fingerprint density at radius 2 is 1.34 bits per heavy atom. The van der Waals surface area contributed by atoms with E-state index < -0.39 is 17.9 Å². The fraction of sp³-hybridized carbons (Fsp3) is 0.156. The van der Waals surface area contributed by atoms with Crippen molar-refractivity contribution in [1.82, 2.24) is 4.90 Å². The Kier molecular flexibility index (Phi) is 8.53. The number of nitrogens with zero attached hydrogens (tertiary/aromatic N) is 2. The van der Waals surface area contributed by atoms with E-state index in [-0.39, 0.29) is 18.9 Å². The average molecular weight is 504 g/mol. The van der Waals surface area contributed by atoms with Gasteiger partial charge < -0.3 is 15.4 Å². The zero-order valence-corrected chi connectivity index (χ0v) is 21.2. The predicted octanol–water partition coefficient (Wildman–Crippen LogP) is 4.82. The normalized spacial score (nSPS) is 11.4. The summed E-state index contributed by atoms with van der Waals surface area (Å²) in [6, 6.07) is 34.6. The third-order valence-electron chi connectivity index (χ3n) is 6.52. The van der Waals surface area contributed by atoms with Gasteiger partial charge in [0.05, 0.1) is 24.7 Å². The lowest BCUT2D eigenvalue weighted by Crippen LogP contribution is -2.50. The third kappa shape index (κ3) is 6.26. The first-order valence-electron chi connectivity index (χ1n) is 12.3. The fourth-order valence-electron chi connectivity index (χ4n) is 4.51. The molecule has 38 heavy (non-hydrogen) atoms. The van der Waals surface area contributed by atoms with Crippen LogP contribution in [0.3, 0.4) is 0 Å². The maximum atomic E-state index is 14.5. The molecule has 0 saturated carbocycles. The number of primary amides is 1. The van der Waals surface area contributed by atoms with Gasteiger partial charge in [-0.05, 0) is 46.5 Å². The highest BCUT2D eigenvalue weighted by atomic mass is 16.5. The zero-order valence-electron chi connectivity index (χ0n) is 21.2. The molecule has 190 valence electrons. The highest BCUT2D eigenvalue weighted by molar-refractivity contribution is 5.92. The van der Waals surface area contributed by atoms with Crippen LogP contribution in [0.25, 0.3) is 0 Å². The summed E-state index contributed by atoms with van der Waals surface area (Å²) in [5.74, 6) is -0.757. The number of carbonyl (C=O) groups is 2. The lowest BCUT2D eigenvalue weighted by molar-refractivity contribution is -0.140. The molecule has 0 fully saturated rings. The number of rotatable bonds is 10. The Hall–Kier alpha value is -4.89. The van der Waals surface area contributed by atoms with Crippen LogP contribution >= 0.6 is 0 Å². The van der Waals surface area contributed by atoms with Gasteiger partial charge in [0, 0.05) is 13.0 Å². The highest BCUT2D eigenvalue weighted by Gasteiger charge is 2.34. The first-order chi connectivity index (χ1) is 18.5. The van der Waals surface area contributed by atoms with E-state index in [4.69, 9.17) is 15.7 Å². The smallest absolute Gasteiger partial charge is 0.240 e. The predicted molar refractivity (Wildman–Crippen MR) is 146 cm³/mol. The van der Waals surface area contributed by atoms with Crippen molar-refractivity contribution >= 4 is 11.8 Å². The van der Waals surface area contributed by atoms with Crippen molar-refractivity contribution in [2.45, 2.75) is 24.9 Å². The van der Waals surface area contributed by atoms with Crippen LogP contribution in [0.4, 0.5) is 0 Å². The summed E-state index contributed by atoms with van der Waals surface area (Å²) in [7, 11) is 1.59. The molecule has 0 aromatic heterocycles. The van der Waals surface area contributed by atoms with Gasteiger partial charge in [0.15, 0.2) is 0 Å². The molecule has 4 rings (SSSR count). The fourth-order valence-corrected chi connectivity index (χ4v) is 4.51. The van der Waals surface area contributed by atoms with Gasteiger partial charge >= 0.3 is 0 Å². The van der Waals surface area contributed by atoms with E-state index >= 15 is 0 Å². The number of carbonyl (C=O) groups excluding carboxylic acids is 2. The molecule has 0 bridgehead atoms. The summed E-state index contributed by atoms with van der Waals surface area (Å²) in [6.45, 7) is 0.183. The van der Waals surface area contributed by atoms with Crippen molar-refractivity contribution in [3.05, 3.63) is 137 Å². The molecule has 0 aliphatic rings. The molecular weight excluding hydrogens is 474 g/mol. The van der Waals surface area contributed by atoms with Crippen molar-refractivity contribution in [3.63, 3.8) is 0 Å². The number of hydrogen-bond donors (Lipinski definition) is 1. The number of nitriles is 1. The number of benzene rings is 4. The van der Waals surface area contributed by atoms with E-state index in [0.29, 0.717) is 11.3 Å². The number of hydrogen-bond acceptors (Lipinski definition) is 4. The third-order valence-corrected chi connectivity index (χ3v) is 6.52. The molecule has 6 nitrogen and oxygen atoms in total. The minimum atomic E-state index is -0.910. The standard InChI is InChI=1S/C32H29N3O3/c1-38-28-18-16-25(17-19-28)22-35(29(31(34)36)20-23-12-14-24(21-33)15-13-23)32(37)30(26-8-4-2-5-9-26)27-10-6-3-7-11-27/h2-19,29-30H,20,22H2,1H3,(H2,34,36)/t29-/m1/s1. The van der Waals surface area contributed by atoms with E-state index in [2.05, 4.69) is 6.07 Å². The largest absolute Gasteiger partial charge is 0.497 e. The Morgan fingerprint density at radius 3 is 1.82 bits per heavy atom. The maximum Gasteiger partial charge on any atom is 0.240 e. The van der Waals surface area contributed by atoms with E-state index in [1.54, 1.807) is 36.3 Å². The quantitative estimate of drug-likeness (QED) is 0.335. The van der Waals surface area contributed by atoms with Crippen LogP contribution in [0, 0.1) is 11.3 Å². The molecule has 2 N–H and O–H groups in total. The second-order valence-corrected chi connectivity index (χ2v) is 9.00. The first-order valence-corrected chi connectivity index (χ1v) is 12.3. The molecule has 4 aromatic rings. The molecule has 0 saturated heterocycles. The maximum absolute atomic E-state index is 14.5. The summed E-state index contributed by atoms with van der Waals surface area (Å²) < 4.78 is 5.28. The van der Waals surface area contributed by atoms with Crippen molar-refractivity contribution in [2.24, 2.45) is 5.73 Å². The number of methoxy groups -OCH3 is 1. The van der Waals surface area contributed by atoms with Crippen LogP contribution < -0.4 is 10.5 Å². The van der Waals surface area contributed by atoms with Gasteiger partial charge in [-0.15, -0.1) is 0 Å². The van der Waals surface area contributed by atoms with Crippen LogP contribution in [0.1, 0.15) is 33.7 Å². The molecule has 0 radical (unpaired) electrons. The second kappa shape index (κ2) is 12.4. The molecule has 1 atom stereocenters. The molecule has 4 aromatic carbocycles. The van der Waals surface area contributed by atoms with Crippen molar-refractivity contribution in [1.29, 1.82) is 5.26 Å².